The van der Waals surface area contributed by atoms with Crippen molar-refractivity contribution < 1.29 is 9.53 Å². The minimum Gasteiger partial charge on any atom is -0.487 e. The molecule has 1 saturated heterocycles. The molecule has 0 bridgehead atoms. The van der Waals surface area contributed by atoms with Crippen LogP contribution in [0.3, 0.4) is 0 Å². The van der Waals surface area contributed by atoms with Gasteiger partial charge in [-0.2, -0.15) is 0 Å². The highest BCUT2D eigenvalue weighted by Crippen LogP contribution is 2.20. The smallest absolute Gasteiger partial charge is 0.253 e. The van der Waals surface area contributed by atoms with Crippen LogP contribution in [0.5, 0.6) is 5.75 Å². The lowest BCUT2D eigenvalue weighted by Crippen LogP contribution is -2.30. The Balaban J connectivity index is 1.55. The molecule has 1 aliphatic heterocycles. The van der Waals surface area contributed by atoms with Crippen LogP contribution in [0.2, 0.25) is 0 Å². The molecule has 0 unspecified atom stereocenters. The number of amides is 1. The van der Waals surface area contributed by atoms with Gasteiger partial charge in [0.1, 0.15) is 12.4 Å². The molecule has 3 rings (SSSR count). The van der Waals surface area contributed by atoms with Crippen molar-refractivity contribution in [3.8, 4) is 5.75 Å². The van der Waals surface area contributed by atoms with Crippen molar-refractivity contribution in [1.29, 1.82) is 0 Å². The summed E-state index contributed by atoms with van der Waals surface area (Å²) in [7, 11) is 1.95. The summed E-state index contributed by atoms with van der Waals surface area (Å²) in [6.07, 6.45) is 2.82. The van der Waals surface area contributed by atoms with Crippen LogP contribution in [-0.2, 0) is 6.61 Å². The zero-order chi connectivity index (χ0) is 16.8. The van der Waals surface area contributed by atoms with Crippen molar-refractivity contribution in [3.05, 3.63) is 59.9 Å². The first-order valence-electron chi connectivity index (χ1n) is 8.33. The van der Waals surface area contributed by atoms with Crippen molar-refractivity contribution >= 4 is 5.91 Å². The maximum absolute atomic E-state index is 12.5. The van der Waals surface area contributed by atoms with Crippen LogP contribution in [-0.4, -0.2) is 42.5 Å². The second-order valence-corrected chi connectivity index (χ2v) is 6.10. The molecule has 24 heavy (non-hydrogen) atoms. The molecule has 1 amide bonds. The van der Waals surface area contributed by atoms with E-state index < -0.39 is 0 Å². The number of pyridine rings is 1. The van der Waals surface area contributed by atoms with Gasteiger partial charge in [-0.15, -0.1) is 0 Å². The number of carbonyl (C=O) groups excluding carboxylic acids is 1. The van der Waals surface area contributed by atoms with Gasteiger partial charge in [-0.05, 0) is 62.3 Å². The van der Waals surface area contributed by atoms with E-state index in [0.29, 0.717) is 18.1 Å². The highest BCUT2D eigenvalue weighted by atomic mass is 16.5. The molecular formula is C19H23N3O2. The standard InChI is InChI=1S/C19H23N3O2/c1-20-12-15-9-11-22(13-15)19(23)16-5-7-18(8-6-16)24-14-17-4-2-3-10-21-17/h2-8,10,15,20H,9,11-14H2,1H3/t15-/m1/s1. The Bertz CT molecular complexity index is 658. The molecular weight excluding hydrogens is 302 g/mol. The molecule has 5 nitrogen and oxygen atoms in total. The normalized spacial score (nSPS) is 17.0. The number of carbonyl (C=O) groups is 1. The molecule has 2 heterocycles. The maximum atomic E-state index is 12.5. The number of hydrogen-bond acceptors (Lipinski definition) is 4. The van der Waals surface area contributed by atoms with Crippen molar-refractivity contribution in [1.82, 2.24) is 15.2 Å². The van der Waals surface area contributed by atoms with Gasteiger partial charge in [0.15, 0.2) is 0 Å². The largest absolute Gasteiger partial charge is 0.487 e. The van der Waals surface area contributed by atoms with Crippen LogP contribution in [0.4, 0.5) is 0 Å². The lowest BCUT2D eigenvalue weighted by Gasteiger charge is -2.17. The van der Waals surface area contributed by atoms with Crippen molar-refractivity contribution in [2.75, 3.05) is 26.7 Å². The predicted octanol–water partition coefficient (Wildman–Crippen LogP) is 2.34. The first-order chi connectivity index (χ1) is 11.8. The van der Waals surface area contributed by atoms with Crippen LogP contribution >= 0.6 is 0 Å². The molecule has 1 atom stereocenters. The van der Waals surface area contributed by atoms with Gasteiger partial charge >= 0.3 is 0 Å². The van der Waals surface area contributed by atoms with Crippen molar-refractivity contribution in [3.63, 3.8) is 0 Å². The fraction of sp³-hybridized carbons (Fsp3) is 0.368. The number of nitrogens with zero attached hydrogens (tertiary/aromatic N) is 2. The summed E-state index contributed by atoms with van der Waals surface area (Å²) in [4.78, 5) is 18.7. The summed E-state index contributed by atoms with van der Waals surface area (Å²) >= 11 is 0. The number of hydrogen-bond donors (Lipinski definition) is 1. The van der Waals surface area contributed by atoms with Gasteiger partial charge in [0.05, 0.1) is 5.69 Å². The lowest BCUT2D eigenvalue weighted by molar-refractivity contribution is 0.0787. The van der Waals surface area contributed by atoms with Gasteiger partial charge in [-0.1, -0.05) is 6.07 Å². The molecule has 0 aliphatic carbocycles. The van der Waals surface area contributed by atoms with Gasteiger partial charge in [-0.3, -0.25) is 9.78 Å². The molecule has 1 aliphatic rings. The molecule has 1 aromatic carbocycles. The van der Waals surface area contributed by atoms with E-state index in [1.54, 1.807) is 6.20 Å². The highest BCUT2D eigenvalue weighted by Gasteiger charge is 2.26. The van der Waals surface area contributed by atoms with Gasteiger partial charge in [0.25, 0.3) is 5.91 Å². The first-order valence-corrected chi connectivity index (χ1v) is 8.33. The van der Waals surface area contributed by atoms with E-state index in [1.807, 2.05) is 54.4 Å². The van der Waals surface area contributed by atoms with Crippen LogP contribution in [0.25, 0.3) is 0 Å². The second-order valence-electron chi connectivity index (χ2n) is 6.10. The summed E-state index contributed by atoms with van der Waals surface area (Å²) in [6.45, 7) is 3.05. The molecule has 1 aromatic heterocycles. The van der Waals surface area contributed by atoms with E-state index in [-0.39, 0.29) is 5.91 Å². The predicted molar refractivity (Wildman–Crippen MR) is 92.9 cm³/mol. The van der Waals surface area contributed by atoms with E-state index in [9.17, 15) is 4.79 Å². The zero-order valence-electron chi connectivity index (χ0n) is 13.9. The molecule has 1 fully saturated rings. The number of aromatic nitrogens is 1. The molecule has 2 aromatic rings. The Morgan fingerprint density at radius 3 is 2.83 bits per heavy atom. The average molecular weight is 325 g/mol. The minimum atomic E-state index is 0.102. The van der Waals surface area contributed by atoms with Gasteiger partial charge in [0, 0.05) is 24.8 Å². The molecule has 0 radical (unpaired) electrons. The zero-order valence-corrected chi connectivity index (χ0v) is 13.9. The van der Waals surface area contributed by atoms with Crippen molar-refractivity contribution in [2.24, 2.45) is 5.92 Å². The van der Waals surface area contributed by atoms with E-state index >= 15 is 0 Å². The van der Waals surface area contributed by atoms with E-state index in [4.69, 9.17) is 4.74 Å². The molecule has 1 N–H and O–H groups in total. The van der Waals surface area contributed by atoms with Crippen LogP contribution in [0.1, 0.15) is 22.5 Å². The van der Waals surface area contributed by atoms with Crippen LogP contribution < -0.4 is 10.1 Å². The number of likely N-dealkylation sites (tertiary alicyclic amines) is 1. The lowest BCUT2D eigenvalue weighted by atomic mass is 10.1. The molecule has 126 valence electrons. The monoisotopic (exact) mass is 325 g/mol. The molecule has 0 saturated carbocycles. The number of rotatable bonds is 6. The van der Waals surface area contributed by atoms with Gasteiger partial charge < -0.3 is 15.0 Å². The summed E-state index contributed by atoms with van der Waals surface area (Å²) < 4.78 is 5.71. The number of benzene rings is 1. The third kappa shape index (κ3) is 4.11. The van der Waals surface area contributed by atoms with Gasteiger partial charge in [0.2, 0.25) is 0 Å². The summed E-state index contributed by atoms with van der Waals surface area (Å²) in [6, 6.07) is 13.1. The summed E-state index contributed by atoms with van der Waals surface area (Å²) in [5.41, 5.74) is 1.59. The van der Waals surface area contributed by atoms with Gasteiger partial charge in [-0.25, -0.2) is 0 Å². The van der Waals surface area contributed by atoms with E-state index in [1.165, 1.54) is 0 Å². The Hall–Kier alpha value is -2.40. The van der Waals surface area contributed by atoms with Crippen LogP contribution in [0.15, 0.2) is 48.7 Å². The Morgan fingerprint density at radius 2 is 2.12 bits per heavy atom. The topological polar surface area (TPSA) is 54.5 Å². The fourth-order valence-electron chi connectivity index (χ4n) is 2.99. The Kier molecular flexibility index (Phi) is 5.43. The average Bonchev–Trinajstić information content (AvgIpc) is 3.10. The second kappa shape index (κ2) is 7.93. The van der Waals surface area contributed by atoms with E-state index in [2.05, 4.69) is 10.3 Å². The molecule has 0 spiro atoms. The SMILES string of the molecule is CNC[C@H]1CCN(C(=O)c2ccc(OCc3ccccn3)cc2)C1. The fourth-order valence-corrected chi connectivity index (χ4v) is 2.99. The summed E-state index contributed by atoms with van der Waals surface area (Å²) in [5.74, 6) is 1.40. The maximum Gasteiger partial charge on any atom is 0.253 e. The Labute approximate surface area is 142 Å². The number of ether oxygens (including phenoxy) is 1. The number of nitrogens with one attached hydrogen (secondary N) is 1. The molecule has 5 heteroatoms. The Morgan fingerprint density at radius 1 is 1.29 bits per heavy atom. The minimum absolute atomic E-state index is 0.102. The van der Waals surface area contributed by atoms with Crippen molar-refractivity contribution in [2.45, 2.75) is 13.0 Å². The highest BCUT2D eigenvalue weighted by molar-refractivity contribution is 5.94. The third-order valence-corrected chi connectivity index (χ3v) is 4.28. The summed E-state index contributed by atoms with van der Waals surface area (Å²) in [5, 5.41) is 3.18. The van der Waals surface area contributed by atoms with Crippen LogP contribution in [0, 0.1) is 5.92 Å². The van der Waals surface area contributed by atoms with E-state index in [0.717, 1.165) is 37.5 Å². The quantitative estimate of drug-likeness (QED) is 0.886. The first kappa shape index (κ1) is 16.5. The third-order valence-electron chi connectivity index (χ3n) is 4.28.